The number of carbonyl (C=O) groups is 1. The Balaban J connectivity index is 2.98. The van der Waals surface area contributed by atoms with Crippen molar-refractivity contribution in [2.75, 3.05) is 0 Å². The number of alkyl halides is 2. The lowest BCUT2D eigenvalue weighted by molar-refractivity contribution is -0.193. The second-order valence-electron chi connectivity index (χ2n) is 3.34. The summed E-state index contributed by atoms with van der Waals surface area (Å²) in [4.78, 5) is 14.8. The highest BCUT2D eigenvalue weighted by Crippen LogP contribution is 2.25. The van der Waals surface area contributed by atoms with Gasteiger partial charge in [-0.05, 0) is 25.5 Å². The first kappa shape index (κ1) is 13.3. The Morgan fingerprint density at radius 1 is 1.59 bits per heavy atom. The topological polar surface area (TPSA) is 77.2 Å². The van der Waals surface area contributed by atoms with Crippen LogP contribution in [0.15, 0.2) is 12.1 Å². The average molecular weight is 245 g/mol. The predicted molar refractivity (Wildman–Crippen MR) is 56.3 cm³/mol. The van der Waals surface area contributed by atoms with Crippen LogP contribution in [0.2, 0.25) is 0 Å². The zero-order valence-electron chi connectivity index (χ0n) is 9.46. The molecule has 0 aromatic carbocycles. The van der Waals surface area contributed by atoms with Crippen molar-refractivity contribution in [2.45, 2.75) is 26.4 Å². The number of carbonyl (C=O) groups excluding carboxylic acids is 1. The van der Waals surface area contributed by atoms with Gasteiger partial charge in [-0.2, -0.15) is 8.78 Å². The average Bonchev–Trinajstić information content (AvgIpc) is 2.30. The molecule has 0 saturated heterocycles. The number of pyridine rings is 1. The SMILES string of the molecule is CCc1nc(C)ccc1OC(F)(F)C(=O)NN. The molecule has 1 rings (SSSR count). The van der Waals surface area contributed by atoms with Crippen molar-refractivity contribution in [3.8, 4) is 5.75 Å². The van der Waals surface area contributed by atoms with E-state index in [4.69, 9.17) is 0 Å². The minimum atomic E-state index is -4.02. The number of rotatable bonds is 4. The van der Waals surface area contributed by atoms with E-state index in [1.54, 1.807) is 13.8 Å². The van der Waals surface area contributed by atoms with Gasteiger partial charge in [-0.3, -0.25) is 15.2 Å². The molecule has 0 radical (unpaired) electrons. The summed E-state index contributed by atoms with van der Waals surface area (Å²) in [5.41, 5.74) is 2.38. The summed E-state index contributed by atoms with van der Waals surface area (Å²) in [6.07, 6.45) is -3.60. The number of nitrogens with zero attached hydrogens (tertiary/aromatic N) is 1. The van der Waals surface area contributed by atoms with Crippen LogP contribution < -0.4 is 16.0 Å². The lowest BCUT2D eigenvalue weighted by Crippen LogP contribution is -2.47. The van der Waals surface area contributed by atoms with Crippen molar-refractivity contribution in [1.29, 1.82) is 0 Å². The number of nitrogens with one attached hydrogen (secondary N) is 1. The highest BCUT2D eigenvalue weighted by molar-refractivity contribution is 5.81. The first-order valence-corrected chi connectivity index (χ1v) is 4.95. The van der Waals surface area contributed by atoms with E-state index in [2.05, 4.69) is 15.6 Å². The first-order valence-electron chi connectivity index (χ1n) is 4.95. The van der Waals surface area contributed by atoms with Gasteiger partial charge in [-0.1, -0.05) is 6.92 Å². The molecule has 1 heterocycles. The van der Waals surface area contributed by atoms with Crippen LogP contribution in [0, 0.1) is 6.92 Å². The molecule has 94 valence electrons. The molecule has 0 bridgehead atoms. The van der Waals surface area contributed by atoms with Crippen molar-refractivity contribution in [3.63, 3.8) is 0 Å². The molecule has 7 heteroatoms. The van der Waals surface area contributed by atoms with E-state index in [9.17, 15) is 13.6 Å². The second-order valence-corrected chi connectivity index (χ2v) is 3.34. The van der Waals surface area contributed by atoms with Gasteiger partial charge in [-0.15, -0.1) is 0 Å². The van der Waals surface area contributed by atoms with Gasteiger partial charge >= 0.3 is 12.0 Å². The Hall–Kier alpha value is -1.76. The molecular formula is C10H13F2N3O2. The first-order chi connectivity index (χ1) is 7.90. The summed E-state index contributed by atoms with van der Waals surface area (Å²) in [5, 5.41) is 0. The maximum Gasteiger partial charge on any atom is 0.483 e. The number of halogens is 2. The molecule has 0 atom stereocenters. The van der Waals surface area contributed by atoms with Gasteiger partial charge in [0.25, 0.3) is 0 Å². The molecule has 1 aromatic rings. The second kappa shape index (κ2) is 5.05. The van der Waals surface area contributed by atoms with Gasteiger partial charge in [0.15, 0.2) is 0 Å². The van der Waals surface area contributed by atoms with Crippen LogP contribution in [0.25, 0.3) is 0 Å². The monoisotopic (exact) mass is 245 g/mol. The number of ether oxygens (including phenoxy) is 1. The van der Waals surface area contributed by atoms with Crippen LogP contribution in [0.3, 0.4) is 0 Å². The predicted octanol–water partition coefficient (Wildman–Crippen LogP) is 0.914. The molecule has 1 amide bonds. The molecule has 17 heavy (non-hydrogen) atoms. The maximum absolute atomic E-state index is 13.2. The Labute approximate surface area is 96.9 Å². The van der Waals surface area contributed by atoms with Crippen molar-refractivity contribution in [1.82, 2.24) is 10.4 Å². The molecule has 0 aliphatic rings. The molecule has 0 aliphatic heterocycles. The zero-order valence-corrected chi connectivity index (χ0v) is 9.46. The minimum Gasteiger partial charge on any atom is -0.423 e. The van der Waals surface area contributed by atoms with Crippen molar-refractivity contribution in [2.24, 2.45) is 5.84 Å². The van der Waals surface area contributed by atoms with Crippen LogP contribution in [0.4, 0.5) is 8.78 Å². The molecule has 0 aliphatic carbocycles. The third-order valence-corrected chi connectivity index (χ3v) is 2.04. The molecular weight excluding hydrogens is 232 g/mol. The lowest BCUT2D eigenvalue weighted by atomic mass is 10.2. The standard InChI is InChI=1S/C10H13F2N3O2/c1-3-7-8(5-4-6(2)14-7)17-10(11,12)9(16)15-13/h4-5H,3,13H2,1-2H3,(H,15,16). The fourth-order valence-corrected chi connectivity index (χ4v) is 1.21. The van der Waals surface area contributed by atoms with E-state index < -0.39 is 12.0 Å². The number of hydrogen-bond donors (Lipinski definition) is 2. The minimum absolute atomic E-state index is 0.133. The summed E-state index contributed by atoms with van der Waals surface area (Å²) >= 11 is 0. The summed E-state index contributed by atoms with van der Waals surface area (Å²) < 4.78 is 30.7. The van der Waals surface area contributed by atoms with Gasteiger partial charge < -0.3 is 4.74 Å². The van der Waals surface area contributed by atoms with Crippen molar-refractivity contribution >= 4 is 5.91 Å². The third-order valence-electron chi connectivity index (χ3n) is 2.04. The molecule has 5 nitrogen and oxygen atoms in total. The molecule has 0 spiro atoms. The van der Waals surface area contributed by atoms with E-state index in [0.29, 0.717) is 17.8 Å². The van der Waals surface area contributed by atoms with Crippen LogP contribution in [-0.4, -0.2) is 17.0 Å². The van der Waals surface area contributed by atoms with E-state index >= 15 is 0 Å². The van der Waals surface area contributed by atoms with Crippen LogP contribution in [0.1, 0.15) is 18.3 Å². The van der Waals surface area contributed by atoms with Crippen LogP contribution >= 0.6 is 0 Å². The van der Waals surface area contributed by atoms with Gasteiger partial charge in [0.2, 0.25) is 0 Å². The van der Waals surface area contributed by atoms with E-state index in [-0.39, 0.29) is 5.75 Å². The summed E-state index contributed by atoms with van der Waals surface area (Å²) in [6.45, 7) is 3.48. The van der Waals surface area contributed by atoms with Crippen LogP contribution in [-0.2, 0) is 11.2 Å². The molecule has 0 saturated carbocycles. The number of hydrazine groups is 1. The van der Waals surface area contributed by atoms with E-state index in [1.165, 1.54) is 17.6 Å². The highest BCUT2D eigenvalue weighted by atomic mass is 19.3. The number of aryl methyl sites for hydroxylation is 2. The lowest BCUT2D eigenvalue weighted by Gasteiger charge is -2.17. The van der Waals surface area contributed by atoms with Crippen molar-refractivity contribution in [3.05, 3.63) is 23.5 Å². The fourth-order valence-electron chi connectivity index (χ4n) is 1.21. The third kappa shape index (κ3) is 3.10. The highest BCUT2D eigenvalue weighted by Gasteiger charge is 2.42. The van der Waals surface area contributed by atoms with E-state index in [0.717, 1.165) is 0 Å². The largest absolute Gasteiger partial charge is 0.483 e. The Morgan fingerprint density at radius 3 is 2.76 bits per heavy atom. The number of amides is 1. The Bertz CT molecular complexity index is 424. The molecule has 0 unspecified atom stereocenters. The smallest absolute Gasteiger partial charge is 0.423 e. The van der Waals surface area contributed by atoms with Gasteiger partial charge in [-0.25, -0.2) is 5.84 Å². The fraction of sp³-hybridized carbons (Fsp3) is 0.400. The van der Waals surface area contributed by atoms with Crippen LogP contribution in [0.5, 0.6) is 5.75 Å². The molecule has 3 N–H and O–H groups in total. The number of nitrogens with two attached hydrogens (primary N) is 1. The van der Waals surface area contributed by atoms with Crippen molar-refractivity contribution < 1.29 is 18.3 Å². The molecule has 1 aromatic heterocycles. The summed E-state index contributed by atoms with van der Waals surface area (Å²) in [7, 11) is 0. The van der Waals surface area contributed by atoms with Gasteiger partial charge in [0.1, 0.15) is 5.75 Å². The van der Waals surface area contributed by atoms with Gasteiger partial charge in [0.05, 0.1) is 5.69 Å². The Kier molecular flexibility index (Phi) is 3.95. The zero-order chi connectivity index (χ0) is 13.1. The molecule has 0 fully saturated rings. The number of aromatic nitrogens is 1. The number of hydrogen-bond acceptors (Lipinski definition) is 4. The Morgan fingerprint density at radius 2 is 2.24 bits per heavy atom. The normalized spacial score (nSPS) is 11.1. The summed E-state index contributed by atoms with van der Waals surface area (Å²) in [5.74, 6) is 2.79. The maximum atomic E-state index is 13.2. The summed E-state index contributed by atoms with van der Waals surface area (Å²) in [6, 6.07) is 2.86. The van der Waals surface area contributed by atoms with E-state index in [1.807, 2.05) is 0 Å². The quantitative estimate of drug-likeness (QED) is 0.469. The van der Waals surface area contributed by atoms with Gasteiger partial charge in [0, 0.05) is 5.69 Å².